The SMILES string of the molecule is CC1(C)CC[C@@]2(C(=O)O)CC[C@]3(C)C(=CC[C@H]4[C@]5(C)CC[C@@H](O[C@@H]6OC[C@H](O)[C@@H](O)[C@H]6O[C@@H]6O[C@@H](CO)[C@@H](O)[C@@H](O)[C@H]6O)C(C)(C)[C@H]5CC[C@]43C)[C@H]2C1. The van der Waals surface area contributed by atoms with Crippen molar-refractivity contribution >= 4 is 5.97 Å². The summed E-state index contributed by atoms with van der Waals surface area (Å²) in [5.74, 6) is 0.147. The number of aliphatic hydroxyl groups excluding tert-OH is 6. The Kier molecular flexibility index (Phi) is 10.2. The first kappa shape index (κ1) is 40.0. The normalized spacial score (nSPS) is 53.3. The fourth-order valence-electron chi connectivity index (χ4n) is 13.4. The molecule has 7 aliphatic rings. The summed E-state index contributed by atoms with van der Waals surface area (Å²) in [4.78, 5) is 13.0. The number of hydrogen-bond acceptors (Lipinski definition) is 11. The summed E-state index contributed by atoms with van der Waals surface area (Å²) in [5, 5.41) is 73.3. The lowest BCUT2D eigenvalue weighted by molar-refractivity contribution is -0.367. The molecular weight excluding hydrogens is 684 g/mol. The van der Waals surface area contributed by atoms with E-state index in [1.165, 1.54) is 5.57 Å². The van der Waals surface area contributed by atoms with Crippen LogP contribution in [0.1, 0.15) is 113 Å². The molecule has 2 heterocycles. The van der Waals surface area contributed by atoms with Crippen LogP contribution in [0.4, 0.5) is 0 Å². The van der Waals surface area contributed by atoms with Gasteiger partial charge >= 0.3 is 5.97 Å². The zero-order valence-corrected chi connectivity index (χ0v) is 32.7. The third-order valence-corrected chi connectivity index (χ3v) is 16.9. The predicted molar refractivity (Wildman–Crippen MR) is 192 cm³/mol. The highest BCUT2D eigenvalue weighted by Gasteiger charge is 2.69. The Morgan fingerprint density at radius 3 is 2.19 bits per heavy atom. The highest BCUT2D eigenvalue weighted by Crippen LogP contribution is 2.76. The lowest BCUT2D eigenvalue weighted by Crippen LogP contribution is -2.66. The zero-order chi connectivity index (χ0) is 38.7. The van der Waals surface area contributed by atoms with Crippen LogP contribution in [0, 0.1) is 50.2 Å². The van der Waals surface area contributed by atoms with Crippen molar-refractivity contribution in [2.24, 2.45) is 50.2 Å². The van der Waals surface area contributed by atoms with E-state index in [0.717, 1.165) is 64.2 Å². The third kappa shape index (κ3) is 5.94. The highest BCUT2D eigenvalue weighted by molar-refractivity contribution is 5.76. The van der Waals surface area contributed by atoms with E-state index in [0.29, 0.717) is 11.8 Å². The molecule has 2 saturated heterocycles. The van der Waals surface area contributed by atoms with Gasteiger partial charge in [-0.25, -0.2) is 0 Å². The maximum Gasteiger partial charge on any atom is 0.310 e. The number of allylic oxidation sites excluding steroid dienone is 2. The van der Waals surface area contributed by atoms with Crippen LogP contribution in [0.15, 0.2) is 11.6 Å². The first-order chi connectivity index (χ1) is 24.7. The van der Waals surface area contributed by atoms with Crippen LogP contribution in [0.5, 0.6) is 0 Å². The summed E-state index contributed by atoms with van der Waals surface area (Å²) in [6.45, 7) is 15.7. The fourth-order valence-corrected chi connectivity index (χ4v) is 13.4. The van der Waals surface area contributed by atoms with Gasteiger partial charge in [0.25, 0.3) is 0 Å². The van der Waals surface area contributed by atoms with Gasteiger partial charge in [0.05, 0.1) is 24.7 Å². The molecule has 0 spiro atoms. The molecule has 53 heavy (non-hydrogen) atoms. The topological polar surface area (TPSA) is 196 Å². The van der Waals surface area contributed by atoms with E-state index < -0.39 is 73.3 Å². The molecule has 0 aromatic rings. The standard InChI is InChI=1S/C41H66O12/c1-36(2)14-16-41(35(48)49)17-15-39(6)21(22(41)18-36)8-9-26-38(5)12-11-27(37(3,4)25(38)10-13-40(26,39)7)52-34-32(28(44)23(43)20-50-34)53-33-31(47)30(46)29(45)24(19-42)51-33/h8,22-34,42-47H,9-20H2,1-7H3,(H,48,49)/t22-,23+,24+,25-,26+,27-,28-,29-,30-,31-,32-,33+,34+,38-,39-,40-,41-/m1/s1. The zero-order valence-electron chi connectivity index (χ0n) is 32.7. The molecule has 0 aromatic carbocycles. The van der Waals surface area contributed by atoms with Crippen molar-refractivity contribution in [3.05, 3.63) is 11.6 Å². The minimum atomic E-state index is -1.69. The molecule has 17 atom stereocenters. The summed E-state index contributed by atoms with van der Waals surface area (Å²) >= 11 is 0. The summed E-state index contributed by atoms with van der Waals surface area (Å²) in [7, 11) is 0. The number of fused-ring (bicyclic) bond motifs is 7. The summed E-state index contributed by atoms with van der Waals surface area (Å²) < 4.78 is 24.3. The Hall–Kier alpha value is -1.19. The van der Waals surface area contributed by atoms with Gasteiger partial charge in [-0.05, 0) is 109 Å². The van der Waals surface area contributed by atoms with Crippen LogP contribution in [-0.4, -0.2) is 116 Å². The predicted octanol–water partition coefficient (Wildman–Crippen LogP) is 3.52. The Morgan fingerprint density at radius 2 is 1.51 bits per heavy atom. The number of carbonyl (C=O) groups is 1. The minimum absolute atomic E-state index is 0.00935. The van der Waals surface area contributed by atoms with Gasteiger partial charge in [-0.3, -0.25) is 4.79 Å². The molecule has 0 amide bonds. The van der Waals surface area contributed by atoms with Gasteiger partial charge < -0.3 is 54.7 Å². The Bertz CT molecular complexity index is 1430. The molecule has 7 N–H and O–H groups in total. The first-order valence-corrected chi connectivity index (χ1v) is 20.2. The Morgan fingerprint density at radius 1 is 0.811 bits per heavy atom. The van der Waals surface area contributed by atoms with Crippen molar-refractivity contribution in [3.63, 3.8) is 0 Å². The van der Waals surface area contributed by atoms with E-state index in [-0.39, 0.29) is 45.7 Å². The Balaban J connectivity index is 1.13. The smallest absolute Gasteiger partial charge is 0.310 e. The molecule has 0 unspecified atom stereocenters. The lowest BCUT2D eigenvalue weighted by Gasteiger charge is -2.71. The van der Waals surface area contributed by atoms with Crippen LogP contribution in [-0.2, 0) is 23.7 Å². The monoisotopic (exact) mass is 750 g/mol. The molecule has 12 nitrogen and oxygen atoms in total. The largest absolute Gasteiger partial charge is 0.481 e. The molecule has 0 radical (unpaired) electrons. The van der Waals surface area contributed by atoms with Gasteiger partial charge in [0.15, 0.2) is 12.6 Å². The van der Waals surface area contributed by atoms with Crippen molar-refractivity contribution < 1.29 is 59.5 Å². The first-order valence-electron chi connectivity index (χ1n) is 20.2. The van der Waals surface area contributed by atoms with E-state index in [2.05, 4.69) is 54.5 Å². The van der Waals surface area contributed by atoms with Gasteiger partial charge in [-0.1, -0.05) is 60.1 Å². The number of carboxylic acid groups (broad SMARTS) is 1. The van der Waals surface area contributed by atoms with Crippen molar-refractivity contribution in [2.45, 2.75) is 174 Å². The number of carboxylic acids is 1. The molecule has 0 aromatic heterocycles. The van der Waals surface area contributed by atoms with Crippen LogP contribution >= 0.6 is 0 Å². The van der Waals surface area contributed by atoms with E-state index in [1.54, 1.807) is 0 Å². The molecule has 0 bridgehead atoms. The second-order valence-electron chi connectivity index (χ2n) is 20.2. The van der Waals surface area contributed by atoms with Crippen LogP contribution < -0.4 is 0 Å². The summed E-state index contributed by atoms with van der Waals surface area (Å²) in [6, 6.07) is 0. The number of aliphatic hydroxyl groups is 6. The third-order valence-electron chi connectivity index (χ3n) is 16.9. The molecule has 4 saturated carbocycles. The van der Waals surface area contributed by atoms with Gasteiger partial charge in [-0.15, -0.1) is 0 Å². The second kappa shape index (κ2) is 13.5. The lowest BCUT2D eigenvalue weighted by atomic mass is 9.33. The van der Waals surface area contributed by atoms with Gasteiger partial charge in [0.1, 0.15) is 42.7 Å². The molecule has 6 fully saturated rings. The molecule has 2 aliphatic heterocycles. The number of aliphatic carboxylic acids is 1. The average molecular weight is 751 g/mol. The van der Waals surface area contributed by atoms with Gasteiger partial charge in [0.2, 0.25) is 0 Å². The van der Waals surface area contributed by atoms with E-state index in [9.17, 15) is 40.5 Å². The molecule has 5 aliphatic carbocycles. The van der Waals surface area contributed by atoms with Crippen LogP contribution in [0.2, 0.25) is 0 Å². The van der Waals surface area contributed by atoms with E-state index in [4.69, 9.17) is 18.9 Å². The number of ether oxygens (including phenoxy) is 4. The van der Waals surface area contributed by atoms with Gasteiger partial charge in [0, 0.05) is 0 Å². The van der Waals surface area contributed by atoms with Gasteiger partial charge in [-0.2, -0.15) is 0 Å². The maximum atomic E-state index is 13.0. The second-order valence-corrected chi connectivity index (χ2v) is 20.2. The van der Waals surface area contributed by atoms with Crippen LogP contribution in [0.25, 0.3) is 0 Å². The molecule has 302 valence electrons. The molecule has 12 heteroatoms. The fraction of sp³-hybridized carbons (Fsp3) is 0.927. The van der Waals surface area contributed by atoms with Crippen molar-refractivity contribution in [1.29, 1.82) is 0 Å². The quantitative estimate of drug-likeness (QED) is 0.155. The molecular formula is C41H66O12. The van der Waals surface area contributed by atoms with Crippen LogP contribution in [0.3, 0.4) is 0 Å². The van der Waals surface area contributed by atoms with E-state index in [1.807, 2.05) is 0 Å². The summed E-state index contributed by atoms with van der Waals surface area (Å²) in [5.41, 5.74) is 0.450. The summed E-state index contributed by atoms with van der Waals surface area (Å²) in [6.07, 6.45) is -1.79. The maximum absolute atomic E-state index is 13.0. The Labute approximate surface area is 314 Å². The minimum Gasteiger partial charge on any atom is -0.481 e. The molecule has 7 rings (SSSR count). The number of rotatable bonds is 6. The van der Waals surface area contributed by atoms with Crippen molar-refractivity contribution in [3.8, 4) is 0 Å². The highest BCUT2D eigenvalue weighted by atomic mass is 16.8. The van der Waals surface area contributed by atoms with Crippen molar-refractivity contribution in [2.75, 3.05) is 13.2 Å². The number of hydrogen-bond donors (Lipinski definition) is 7. The average Bonchev–Trinajstić information content (AvgIpc) is 3.08. The van der Waals surface area contributed by atoms with E-state index >= 15 is 0 Å². The van der Waals surface area contributed by atoms with Crippen molar-refractivity contribution in [1.82, 2.24) is 0 Å².